The van der Waals surface area contributed by atoms with Crippen LogP contribution in [-0.2, 0) is 9.53 Å². The molecule has 7 nitrogen and oxygen atoms in total. The molecule has 0 saturated heterocycles. The fraction of sp³-hybridized carbons (Fsp3) is 0.417. The number of carbonyl (C=O) groups is 1. The van der Waals surface area contributed by atoms with Crippen LogP contribution >= 0.6 is 0 Å². The van der Waals surface area contributed by atoms with Crippen LogP contribution in [0.5, 0.6) is 5.75 Å². The van der Waals surface area contributed by atoms with Gasteiger partial charge in [0.05, 0.1) is 18.1 Å². The van der Waals surface area contributed by atoms with E-state index in [4.69, 9.17) is 4.74 Å². The highest BCUT2D eigenvalue weighted by atomic mass is 16.6. The van der Waals surface area contributed by atoms with Gasteiger partial charge in [-0.1, -0.05) is 0 Å². The molecule has 7 heteroatoms. The van der Waals surface area contributed by atoms with Gasteiger partial charge in [-0.25, -0.2) is 0 Å². The monoisotopic (exact) mass is 268 g/mol. The first kappa shape index (κ1) is 14.7. The molecule has 0 spiro atoms. The van der Waals surface area contributed by atoms with Gasteiger partial charge in [0.2, 0.25) is 0 Å². The van der Waals surface area contributed by atoms with Gasteiger partial charge in [-0.05, 0) is 19.9 Å². The molecule has 1 N–H and O–H groups in total. The van der Waals surface area contributed by atoms with Gasteiger partial charge in [-0.3, -0.25) is 14.9 Å². The van der Waals surface area contributed by atoms with Crippen molar-refractivity contribution < 1.29 is 19.2 Å². The molecule has 19 heavy (non-hydrogen) atoms. The Morgan fingerprint density at radius 2 is 2.16 bits per heavy atom. The van der Waals surface area contributed by atoms with E-state index in [-0.39, 0.29) is 24.1 Å². The van der Waals surface area contributed by atoms with Crippen molar-refractivity contribution >= 4 is 17.3 Å². The molecular weight excluding hydrogens is 252 g/mol. The van der Waals surface area contributed by atoms with E-state index in [0.717, 1.165) is 0 Å². The number of nitrogens with zero attached hydrogens (tertiary/aromatic N) is 1. The van der Waals surface area contributed by atoms with E-state index in [1.807, 2.05) is 0 Å². The van der Waals surface area contributed by atoms with Crippen molar-refractivity contribution in [3.05, 3.63) is 28.3 Å². The summed E-state index contributed by atoms with van der Waals surface area (Å²) in [7, 11) is 1.28. The minimum Gasteiger partial charge on any atom is -0.484 e. The summed E-state index contributed by atoms with van der Waals surface area (Å²) in [6, 6.07) is 4.33. The summed E-state index contributed by atoms with van der Waals surface area (Å²) in [5, 5.41) is 13.7. The molecule has 0 aromatic heterocycles. The molecule has 0 aliphatic rings. The van der Waals surface area contributed by atoms with Crippen LogP contribution in [0.4, 0.5) is 11.4 Å². The summed E-state index contributed by atoms with van der Waals surface area (Å²) < 4.78 is 9.87. The largest absolute Gasteiger partial charge is 0.484 e. The van der Waals surface area contributed by atoms with Crippen molar-refractivity contribution in [2.24, 2.45) is 0 Å². The fourth-order valence-electron chi connectivity index (χ4n) is 1.37. The van der Waals surface area contributed by atoms with Crippen LogP contribution in [0.25, 0.3) is 0 Å². The van der Waals surface area contributed by atoms with Crippen LogP contribution in [0, 0.1) is 10.1 Å². The normalized spacial score (nSPS) is 10.1. The van der Waals surface area contributed by atoms with E-state index in [0.29, 0.717) is 5.69 Å². The van der Waals surface area contributed by atoms with Gasteiger partial charge >= 0.3 is 11.7 Å². The van der Waals surface area contributed by atoms with Gasteiger partial charge in [0.25, 0.3) is 0 Å². The fourth-order valence-corrected chi connectivity index (χ4v) is 1.37. The van der Waals surface area contributed by atoms with Crippen LogP contribution in [0.1, 0.15) is 13.8 Å². The predicted octanol–water partition coefficient (Wildman–Crippen LogP) is 1.97. The molecule has 0 unspecified atom stereocenters. The third-order valence-corrected chi connectivity index (χ3v) is 2.18. The Morgan fingerprint density at radius 3 is 2.68 bits per heavy atom. The van der Waals surface area contributed by atoms with E-state index in [1.54, 1.807) is 13.8 Å². The van der Waals surface area contributed by atoms with Crippen molar-refractivity contribution in [2.75, 3.05) is 19.0 Å². The van der Waals surface area contributed by atoms with Gasteiger partial charge in [0, 0.05) is 17.8 Å². The first-order chi connectivity index (χ1) is 8.93. The highest BCUT2D eigenvalue weighted by Crippen LogP contribution is 2.30. The molecule has 0 aliphatic carbocycles. The highest BCUT2D eigenvalue weighted by molar-refractivity contribution is 5.75. The quantitative estimate of drug-likeness (QED) is 0.482. The zero-order valence-corrected chi connectivity index (χ0v) is 11.0. The zero-order chi connectivity index (χ0) is 14.4. The second-order valence-corrected chi connectivity index (χ2v) is 4.04. The minimum atomic E-state index is -0.512. The topological polar surface area (TPSA) is 90.7 Å². The van der Waals surface area contributed by atoms with Gasteiger partial charge in [-0.15, -0.1) is 0 Å². The standard InChI is InChI=1S/C12H16N2O5/c1-8(2)19-11-6-9(13-7-12(15)18-3)4-5-10(11)14(16)17/h4-6,8,13H,7H2,1-3H3. The lowest BCUT2D eigenvalue weighted by Crippen LogP contribution is -2.15. The van der Waals surface area contributed by atoms with Crippen molar-refractivity contribution in [1.82, 2.24) is 0 Å². The van der Waals surface area contributed by atoms with Crippen LogP contribution < -0.4 is 10.1 Å². The van der Waals surface area contributed by atoms with Gasteiger partial charge in [0.1, 0.15) is 6.54 Å². The molecule has 0 saturated carbocycles. The number of hydrogen-bond donors (Lipinski definition) is 1. The number of carbonyl (C=O) groups excluding carboxylic acids is 1. The summed E-state index contributed by atoms with van der Waals surface area (Å²) in [6.07, 6.45) is -0.186. The average Bonchev–Trinajstić information content (AvgIpc) is 2.35. The number of nitro benzene ring substituents is 1. The third-order valence-electron chi connectivity index (χ3n) is 2.18. The van der Waals surface area contributed by atoms with E-state index < -0.39 is 10.9 Å². The Bertz CT molecular complexity index is 473. The second kappa shape index (κ2) is 6.58. The lowest BCUT2D eigenvalue weighted by molar-refractivity contribution is -0.386. The molecule has 1 rings (SSSR count). The molecule has 0 atom stereocenters. The molecule has 0 heterocycles. The van der Waals surface area contributed by atoms with Crippen molar-refractivity contribution in [2.45, 2.75) is 20.0 Å². The molecule has 0 amide bonds. The van der Waals surface area contributed by atoms with Crippen molar-refractivity contribution in [3.63, 3.8) is 0 Å². The smallest absolute Gasteiger partial charge is 0.325 e. The second-order valence-electron chi connectivity index (χ2n) is 4.04. The Kier molecular flexibility index (Phi) is 5.11. The van der Waals surface area contributed by atoms with E-state index in [9.17, 15) is 14.9 Å². The lowest BCUT2D eigenvalue weighted by atomic mass is 10.2. The number of rotatable bonds is 6. The Labute approximate surface area is 110 Å². The summed E-state index contributed by atoms with van der Waals surface area (Å²) in [6.45, 7) is 3.53. The zero-order valence-electron chi connectivity index (χ0n) is 11.0. The number of nitrogens with one attached hydrogen (secondary N) is 1. The molecule has 1 aromatic carbocycles. The summed E-state index contributed by atoms with van der Waals surface area (Å²) in [5.74, 6) is -0.264. The Balaban J connectivity index is 2.91. The molecule has 0 fully saturated rings. The van der Waals surface area contributed by atoms with Crippen molar-refractivity contribution in [3.8, 4) is 5.75 Å². The Morgan fingerprint density at radius 1 is 1.47 bits per heavy atom. The maximum absolute atomic E-state index is 11.0. The number of esters is 1. The molecule has 104 valence electrons. The highest BCUT2D eigenvalue weighted by Gasteiger charge is 2.16. The number of hydrogen-bond acceptors (Lipinski definition) is 6. The molecule has 0 bridgehead atoms. The summed E-state index contributed by atoms with van der Waals surface area (Å²) in [4.78, 5) is 21.3. The van der Waals surface area contributed by atoms with Gasteiger partial charge < -0.3 is 14.8 Å². The summed E-state index contributed by atoms with van der Waals surface area (Å²) in [5.41, 5.74) is 0.434. The number of ether oxygens (including phenoxy) is 2. The summed E-state index contributed by atoms with van der Waals surface area (Å²) >= 11 is 0. The molecule has 1 aromatic rings. The SMILES string of the molecule is COC(=O)CNc1ccc([N+](=O)[O-])c(OC(C)C)c1. The maximum Gasteiger partial charge on any atom is 0.325 e. The molecular formula is C12H16N2O5. The van der Waals surface area contributed by atoms with Gasteiger partial charge in [-0.2, -0.15) is 0 Å². The Hall–Kier alpha value is -2.31. The van der Waals surface area contributed by atoms with E-state index in [1.165, 1.54) is 25.3 Å². The van der Waals surface area contributed by atoms with Crippen LogP contribution in [0.3, 0.4) is 0 Å². The number of anilines is 1. The van der Waals surface area contributed by atoms with Crippen LogP contribution in [0.2, 0.25) is 0 Å². The number of nitro groups is 1. The van der Waals surface area contributed by atoms with Crippen LogP contribution in [-0.4, -0.2) is 30.7 Å². The first-order valence-electron chi connectivity index (χ1n) is 5.69. The third kappa shape index (κ3) is 4.46. The van der Waals surface area contributed by atoms with Crippen molar-refractivity contribution in [1.29, 1.82) is 0 Å². The number of benzene rings is 1. The number of methoxy groups -OCH3 is 1. The average molecular weight is 268 g/mol. The maximum atomic E-state index is 11.0. The van der Waals surface area contributed by atoms with Gasteiger partial charge in [0.15, 0.2) is 5.75 Å². The lowest BCUT2D eigenvalue weighted by Gasteiger charge is -2.12. The first-order valence-corrected chi connectivity index (χ1v) is 5.69. The molecule has 0 radical (unpaired) electrons. The minimum absolute atomic E-state index is 0.0184. The predicted molar refractivity (Wildman–Crippen MR) is 69.4 cm³/mol. The molecule has 0 aliphatic heterocycles. The van der Waals surface area contributed by atoms with Crippen LogP contribution in [0.15, 0.2) is 18.2 Å². The van der Waals surface area contributed by atoms with E-state index >= 15 is 0 Å². The van der Waals surface area contributed by atoms with E-state index in [2.05, 4.69) is 10.1 Å².